The number of benzene rings is 2. The summed E-state index contributed by atoms with van der Waals surface area (Å²) in [5.74, 6) is -0.489. The molecule has 0 atom stereocenters. The van der Waals surface area contributed by atoms with E-state index in [4.69, 9.17) is 4.74 Å². The average Bonchev–Trinajstić information content (AvgIpc) is 2.66. The predicted molar refractivity (Wildman–Crippen MR) is 94.3 cm³/mol. The molecule has 0 fully saturated rings. The Labute approximate surface area is 144 Å². The van der Waals surface area contributed by atoms with Crippen molar-refractivity contribution in [2.45, 2.75) is 6.92 Å². The van der Waals surface area contributed by atoms with Crippen LogP contribution in [0.2, 0.25) is 0 Å². The van der Waals surface area contributed by atoms with Gasteiger partial charge in [0.2, 0.25) is 0 Å². The summed E-state index contributed by atoms with van der Waals surface area (Å²) >= 11 is 0. The van der Waals surface area contributed by atoms with Gasteiger partial charge in [0.25, 0.3) is 11.8 Å². The number of amides is 2. The molecule has 0 spiro atoms. The van der Waals surface area contributed by atoms with Gasteiger partial charge in [-0.3, -0.25) is 25.4 Å². The molecule has 0 unspecified atom stereocenters. The van der Waals surface area contributed by atoms with E-state index in [9.17, 15) is 9.59 Å². The molecule has 0 radical (unpaired) electrons. The van der Waals surface area contributed by atoms with Crippen molar-refractivity contribution in [3.8, 4) is 5.75 Å². The van der Waals surface area contributed by atoms with Gasteiger partial charge in [-0.15, -0.1) is 0 Å². The van der Waals surface area contributed by atoms with Crippen molar-refractivity contribution in [1.29, 1.82) is 0 Å². The molecule has 0 bridgehead atoms. The molecule has 0 saturated heterocycles. The number of hydrogen-bond acceptors (Lipinski definition) is 4. The Kier molecular flexibility index (Phi) is 4.89. The first-order valence-electron chi connectivity index (χ1n) is 7.86. The number of nitrogens with one attached hydrogen (secondary N) is 2. The molecule has 2 aromatic carbocycles. The molecule has 2 amide bonds. The van der Waals surface area contributed by atoms with Crippen LogP contribution in [0.15, 0.2) is 60.8 Å². The summed E-state index contributed by atoms with van der Waals surface area (Å²) in [6.07, 6.45) is 1.51. The largest absolute Gasteiger partial charge is 0.493 e. The van der Waals surface area contributed by atoms with Gasteiger partial charge in [-0.05, 0) is 42.0 Å². The number of nitrogens with zero attached hydrogens (tertiary/aromatic N) is 1. The number of pyridine rings is 1. The van der Waals surface area contributed by atoms with Gasteiger partial charge in [0.05, 0.1) is 12.2 Å². The average molecular weight is 335 g/mol. The molecule has 0 aliphatic heterocycles. The van der Waals surface area contributed by atoms with E-state index in [1.165, 1.54) is 6.20 Å². The lowest BCUT2D eigenvalue weighted by Crippen LogP contribution is -2.42. The Hall–Kier alpha value is -3.41. The lowest BCUT2D eigenvalue weighted by molar-refractivity contribution is 0.0842. The van der Waals surface area contributed by atoms with E-state index in [0.717, 1.165) is 10.8 Å². The Balaban J connectivity index is 1.81. The molecule has 25 heavy (non-hydrogen) atoms. The van der Waals surface area contributed by atoms with Crippen LogP contribution < -0.4 is 15.6 Å². The van der Waals surface area contributed by atoms with E-state index >= 15 is 0 Å². The SMILES string of the molecule is CCOc1cc2ccccc2cc1C(=O)NNC(=O)c1ccccn1. The highest BCUT2D eigenvalue weighted by Crippen LogP contribution is 2.26. The van der Waals surface area contributed by atoms with Crippen molar-refractivity contribution in [3.05, 3.63) is 72.1 Å². The molecule has 6 heteroatoms. The van der Waals surface area contributed by atoms with Crippen molar-refractivity contribution in [2.24, 2.45) is 0 Å². The van der Waals surface area contributed by atoms with Crippen molar-refractivity contribution in [1.82, 2.24) is 15.8 Å². The fourth-order valence-corrected chi connectivity index (χ4v) is 2.41. The fraction of sp³-hybridized carbons (Fsp3) is 0.105. The summed E-state index contributed by atoms with van der Waals surface area (Å²) in [6.45, 7) is 2.28. The maximum Gasteiger partial charge on any atom is 0.288 e. The smallest absolute Gasteiger partial charge is 0.288 e. The third-order valence-corrected chi connectivity index (χ3v) is 3.58. The van der Waals surface area contributed by atoms with Crippen LogP contribution in [0, 0.1) is 0 Å². The van der Waals surface area contributed by atoms with Crippen molar-refractivity contribution in [3.63, 3.8) is 0 Å². The maximum absolute atomic E-state index is 12.5. The molecule has 1 aromatic heterocycles. The highest BCUT2D eigenvalue weighted by atomic mass is 16.5. The van der Waals surface area contributed by atoms with Crippen LogP contribution in [0.3, 0.4) is 0 Å². The first-order valence-corrected chi connectivity index (χ1v) is 7.86. The first-order chi connectivity index (χ1) is 12.2. The Morgan fingerprint density at radius 3 is 2.32 bits per heavy atom. The first kappa shape index (κ1) is 16.4. The van der Waals surface area contributed by atoms with Crippen LogP contribution in [-0.4, -0.2) is 23.4 Å². The van der Waals surface area contributed by atoms with Crippen molar-refractivity contribution in [2.75, 3.05) is 6.61 Å². The minimum Gasteiger partial charge on any atom is -0.493 e. The molecular weight excluding hydrogens is 318 g/mol. The number of hydrazine groups is 1. The fourth-order valence-electron chi connectivity index (χ4n) is 2.41. The Bertz CT molecular complexity index is 910. The molecule has 0 saturated carbocycles. The molecule has 0 aliphatic carbocycles. The van der Waals surface area contributed by atoms with Crippen LogP contribution in [0.5, 0.6) is 5.75 Å². The summed E-state index contributed by atoms with van der Waals surface area (Å²) in [6, 6.07) is 16.2. The minimum atomic E-state index is -0.493. The van der Waals surface area contributed by atoms with E-state index in [2.05, 4.69) is 15.8 Å². The zero-order valence-electron chi connectivity index (χ0n) is 13.7. The van der Waals surface area contributed by atoms with Crippen LogP contribution in [0.25, 0.3) is 10.8 Å². The van der Waals surface area contributed by atoms with E-state index in [0.29, 0.717) is 17.9 Å². The highest BCUT2D eigenvalue weighted by molar-refractivity contribution is 6.03. The summed E-state index contributed by atoms with van der Waals surface area (Å²) in [4.78, 5) is 28.4. The van der Waals surface area contributed by atoms with Gasteiger partial charge >= 0.3 is 0 Å². The van der Waals surface area contributed by atoms with Crippen LogP contribution in [0.4, 0.5) is 0 Å². The zero-order valence-corrected chi connectivity index (χ0v) is 13.7. The van der Waals surface area contributed by atoms with Crippen molar-refractivity contribution < 1.29 is 14.3 Å². The second-order valence-electron chi connectivity index (χ2n) is 5.25. The monoisotopic (exact) mass is 335 g/mol. The third kappa shape index (κ3) is 3.74. The summed E-state index contributed by atoms with van der Waals surface area (Å²) in [7, 11) is 0. The number of aromatic nitrogens is 1. The van der Waals surface area contributed by atoms with E-state index < -0.39 is 11.8 Å². The number of carbonyl (C=O) groups is 2. The van der Waals surface area contributed by atoms with E-state index in [-0.39, 0.29) is 5.69 Å². The van der Waals surface area contributed by atoms with Gasteiger partial charge in [0.15, 0.2) is 0 Å². The summed E-state index contributed by atoms with van der Waals surface area (Å²) in [5, 5.41) is 1.88. The quantitative estimate of drug-likeness (QED) is 0.719. The zero-order chi connectivity index (χ0) is 17.6. The molecule has 126 valence electrons. The van der Waals surface area contributed by atoms with Crippen LogP contribution >= 0.6 is 0 Å². The molecule has 0 aliphatic rings. The Morgan fingerprint density at radius 2 is 1.64 bits per heavy atom. The third-order valence-electron chi connectivity index (χ3n) is 3.58. The molecule has 2 N–H and O–H groups in total. The van der Waals surface area contributed by atoms with E-state index in [1.54, 1.807) is 24.3 Å². The lowest BCUT2D eigenvalue weighted by Gasteiger charge is -2.12. The number of rotatable bonds is 4. The molecule has 6 nitrogen and oxygen atoms in total. The standard InChI is InChI=1S/C19H17N3O3/c1-2-25-17-12-14-8-4-3-7-13(14)11-15(17)18(23)21-22-19(24)16-9-5-6-10-20-16/h3-12H,2H2,1H3,(H,21,23)(H,22,24). The van der Waals surface area contributed by atoms with Gasteiger partial charge < -0.3 is 4.74 Å². The molecular formula is C19H17N3O3. The maximum atomic E-state index is 12.5. The second-order valence-corrected chi connectivity index (χ2v) is 5.25. The number of hydrogen-bond donors (Lipinski definition) is 2. The number of ether oxygens (including phenoxy) is 1. The second kappa shape index (κ2) is 7.44. The predicted octanol–water partition coefficient (Wildman–Crippen LogP) is 2.71. The molecule has 3 rings (SSSR count). The summed E-state index contributed by atoms with van der Waals surface area (Å²) in [5.41, 5.74) is 5.32. The highest BCUT2D eigenvalue weighted by Gasteiger charge is 2.15. The van der Waals surface area contributed by atoms with Crippen LogP contribution in [-0.2, 0) is 0 Å². The Morgan fingerprint density at radius 1 is 0.960 bits per heavy atom. The molecule has 3 aromatic rings. The van der Waals surface area contributed by atoms with Gasteiger partial charge in [-0.2, -0.15) is 0 Å². The topological polar surface area (TPSA) is 80.3 Å². The number of fused-ring (bicyclic) bond motifs is 1. The molecule has 1 heterocycles. The van der Waals surface area contributed by atoms with E-state index in [1.807, 2.05) is 37.3 Å². The van der Waals surface area contributed by atoms with Crippen LogP contribution in [0.1, 0.15) is 27.8 Å². The van der Waals surface area contributed by atoms with Gasteiger partial charge in [0, 0.05) is 6.20 Å². The van der Waals surface area contributed by atoms with Gasteiger partial charge in [-0.1, -0.05) is 30.3 Å². The van der Waals surface area contributed by atoms with Gasteiger partial charge in [0.1, 0.15) is 11.4 Å². The van der Waals surface area contributed by atoms with Gasteiger partial charge in [-0.25, -0.2) is 0 Å². The normalized spacial score (nSPS) is 10.3. The van der Waals surface area contributed by atoms with Crippen molar-refractivity contribution >= 4 is 22.6 Å². The lowest BCUT2D eigenvalue weighted by atomic mass is 10.1. The minimum absolute atomic E-state index is 0.214. The number of carbonyl (C=O) groups excluding carboxylic acids is 2. The summed E-state index contributed by atoms with van der Waals surface area (Å²) < 4.78 is 5.57.